The Morgan fingerprint density at radius 3 is 0.847 bits per heavy atom. The third kappa shape index (κ3) is 58.3. The molecular weight excluding hydrogens is 889 g/mol. The zero-order chi connectivity index (χ0) is 52.2. The third-order valence-corrected chi connectivity index (χ3v) is 14.1. The van der Waals surface area contributed by atoms with Gasteiger partial charge in [-0.05, 0) is 57.8 Å². The maximum absolute atomic E-state index is 12.9. The lowest BCUT2D eigenvalue weighted by Crippen LogP contribution is -2.30. The van der Waals surface area contributed by atoms with Crippen molar-refractivity contribution in [1.82, 2.24) is 0 Å². The van der Waals surface area contributed by atoms with Crippen molar-refractivity contribution in [3.63, 3.8) is 0 Å². The largest absolute Gasteiger partial charge is 0.462 e. The number of hydrogen-bond donors (Lipinski definition) is 0. The van der Waals surface area contributed by atoms with Crippen LogP contribution in [0.1, 0.15) is 335 Å². The van der Waals surface area contributed by atoms with Crippen molar-refractivity contribution in [3.05, 3.63) is 48.6 Å². The molecule has 0 aromatic carbocycles. The first-order valence-electron chi connectivity index (χ1n) is 31.6. The van der Waals surface area contributed by atoms with E-state index >= 15 is 0 Å². The molecule has 0 aliphatic heterocycles. The van der Waals surface area contributed by atoms with E-state index in [1.54, 1.807) is 0 Å². The molecule has 1 atom stereocenters. The van der Waals surface area contributed by atoms with E-state index in [9.17, 15) is 14.4 Å². The molecule has 6 nitrogen and oxygen atoms in total. The van der Waals surface area contributed by atoms with Gasteiger partial charge in [0.05, 0.1) is 0 Å². The van der Waals surface area contributed by atoms with E-state index < -0.39 is 6.10 Å². The SMILES string of the molecule is CC/C=C\C/C=C\C/C=C\C/C=C\CCCCCCC(=O)OC(COC(=O)CCCCCCCCCCCCCCCCCC)COC(=O)CCCCCCCCCCCCCCCCCCCCCCC. The molecule has 0 aliphatic rings. The Morgan fingerprint density at radius 2 is 0.542 bits per heavy atom. The molecule has 420 valence electrons. The van der Waals surface area contributed by atoms with Gasteiger partial charge in [0, 0.05) is 19.3 Å². The first-order chi connectivity index (χ1) is 35.5. The molecule has 0 heterocycles. The lowest BCUT2D eigenvalue weighted by molar-refractivity contribution is -0.167. The molecular formula is C66H120O6. The van der Waals surface area contributed by atoms with Crippen LogP contribution in [-0.2, 0) is 28.6 Å². The van der Waals surface area contributed by atoms with Gasteiger partial charge < -0.3 is 14.2 Å². The molecule has 0 fully saturated rings. The molecule has 0 N–H and O–H groups in total. The van der Waals surface area contributed by atoms with E-state index in [1.165, 1.54) is 199 Å². The summed E-state index contributed by atoms with van der Waals surface area (Å²) in [5.41, 5.74) is 0. The van der Waals surface area contributed by atoms with E-state index in [1.807, 2.05) is 0 Å². The number of ether oxygens (including phenoxy) is 3. The molecule has 0 saturated carbocycles. The third-order valence-electron chi connectivity index (χ3n) is 14.1. The number of unbranched alkanes of at least 4 members (excludes halogenated alkanes) is 39. The number of esters is 3. The first kappa shape index (κ1) is 69.4. The van der Waals surface area contributed by atoms with Crippen LogP contribution in [0.5, 0.6) is 0 Å². The fraction of sp³-hybridized carbons (Fsp3) is 0.833. The second-order valence-electron chi connectivity index (χ2n) is 21.3. The summed E-state index contributed by atoms with van der Waals surface area (Å²) in [6.45, 7) is 6.57. The van der Waals surface area contributed by atoms with E-state index in [2.05, 4.69) is 69.4 Å². The van der Waals surface area contributed by atoms with Gasteiger partial charge in [-0.1, -0.05) is 307 Å². The summed E-state index contributed by atoms with van der Waals surface area (Å²) < 4.78 is 16.9. The minimum absolute atomic E-state index is 0.0783. The number of carbonyl (C=O) groups is 3. The Balaban J connectivity index is 4.34. The quantitative estimate of drug-likeness (QED) is 0.0261. The fourth-order valence-corrected chi connectivity index (χ4v) is 9.38. The smallest absolute Gasteiger partial charge is 0.306 e. The van der Waals surface area contributed by atoms with Crippen LogP contribution in [0.25, 0.3) is 0 Å². The monoisotopic (exact) mass is 1010 g/mol. The molecule has 0 rings (SSSR count). The Hall–Kier alpha value is -2.63. The lowest BCUT2D eigenvalue weighted by atomic mass is 10.0. The van der Waals surface area contributed by atoms with Crippen molar-refractivity contribution in [3.8, 4) is 0 Å². The Morgan fingerprint density at radius 1 is 0.292 bits per heavy atom. The molecule has 0 radical (unpaired) electrons. The average Bonchev–Trinajstić information content (AvgIpc) is 3.38. The van der Waals surface area contributed by atoms with Crippen LogP contribution in [0.2, 0.25) is 0 Å². The van der Waals surface area contributed by atoms with Gasteiger partial charge >= 0.3 is 17.9 Å². The van der Waals surface area contributed by atoms with E-state index in [0.29, 0.717) is 19.3 Å². The normalized spacial score (nSPS) is 12.3. The molecule has 0 aliphatic carbocycles. The second-order valence-corrected chi connectivity index (χ2v) is 21.3. The first-order valence-corrected chi connectivity index (χ1v) is 31.6. The summed E-state index contributed by atoms with van der Waals surface area (Å²) in [6.07, 6.45) is 75.4. The molecule has 0 amide bonds. The maximum Gasteiger partial charge on any atom is 0.306 e. The van der Waals surface area contributed by atoms with Crippen LogP contribution < -0.4 is 0 Å². The summed E-state index contributed by atoms with van der Waals surface area (Å²) in [4.78, 5) is 38.3. The maximum atomic E-state index is 12.9. The fourth-order valence-electron chi connectivity index (χ4n) is 9.38. The van der Waals surface area contributed by atoms with Crippen LogP contribution in [-0.4, -0.2) is 37.2 Å². The van der Waals surface area contributed by atoms with E-state index in [-0.39, 0.29) is 31.1 Å². The highest BCUT2D eigenvalue weighted by molar-refractivity contribution is 5.71. The predicted octanol–water partition coefficient (Wildman–Crippen LogP) is 21.4. The van der Waals surface area contributed by atoms with E-state index in [0.717, 1.165) is 96.3 Å². The Bertz CT molecular complexity index is 1250. The molecule has 0 spiro atoms. The second kappa shape index (κ2) is 60.9. The summed E-state index contributed by atoms with van der Waals surface area (Å²) in [7, 11) is 0. The van der Waals surface area contributed by atoms with Crippen molar-refractivity contribution in [2.24, 2.45) is 0 Å². The summed E-state index contributed by atoms with van der Waals surface area (Å²) in [5, 5.41) is 0. The van der Waals surface area contributed by atoms with Gasteiger partial charge in [0.2, 0.25) is 0 Å². The van der Waals surface area contributed by atoms with Crippen molar-refractivity contribution < 1.29 is 28.6 Å². The Labute approximate surface area is 448 Å². The van der Waals surface area contributed by atoms with Crippen molar-refractivity contribution in [1.29, 1.82) is 0 Å². The zero-order valence-corrected chi connectivity index (χ0v) is 48.2. The van der Waals surface area contributed by atoms with Crippen LogP contribution in [0.15, 0.2) is 48.6 Å². The number of carbonyl (C=O) groups excluding carboxylic acids is 3. The predicted molar refractivity (Wildman–Crippen MR) is 312 cm³/mol. The highest BCUT2D eigenvalue weighted by Gasteiger charge is 2.19. The number of hydrogen-bond acceptors (Lipinski definition) is 6. The van der Waals surface area contributed by atoms with Crippen LogP contribution in [0, 0.1) is 0 Å². The van der Waals surface area contributed by atoms with Crippen LogP contribution >= 0.6 is 0 Å². The molecule has 6 heteroatoms. The van der Waals surface area contributed by atoms with Gasteiger partial charge in [-0.15, -0.1) is 0 Å². The minimum Gasteiger partial charge on any atom is -0.462 e. The van der Waals surface area contributed by atoms with Crippen molar-refractivity contribution in [2.45, 2.75) is 341 Å². The summed E-state index contributed by atoms with van der Waals surface area (Å²) in [5.74, 6) is -0.879. The van der Waals surface area contributed by atoms with Gasteiger partial charge in [0.1, 0.15) is 13.2 Å². The molecule has 0 bridgehead atoms. The van der Waals surface area contributed by atoms with Crippen LogP contribution in [0.4, 0.5) is 0 Å². The van der Waals surface area contributed by atoms with Gasteiger partial charge in [0.15, 0.2) is 6.10 Å². The average molecular weight is 1010 g/mol. The number of allylic oxidation sites excluding steroid dienone is 8. The lowest BCUT2D eigenvalue weighted by Gasteiger charge is -2.18. The summed E-state index contributed by atoms with van der Waals surface area (Å²) in [6, 6.07) is 0. The molecule has 0 aromatic heterocycles. The molecule has 1 unspecified atom stereocenters. The highest BCUT2D eigenvalue weighted by Crippen LogP contribution is 2.18. The van der Waals surface area contributed by atoms with E-state index in [4.69, 9.17) is 14.2 Å². The minimum atomic E-state index is -0.783. The molecule has 0 aromatic rings. The highest BCUT2D eigenvalue weighted by atomic mass is 16.6. The Kier molecular flexibility index (Phi) is 58.7. The van der Waals surface area contributed by atoms with Crippen molar-refractivity contribution >= 4 is 17.9 Å². The van der Waals surface area contributed by atoms with Gasteiger partial charge in [-0.3, -0.25) is 14.4 Å². The number of rotatable bonds is 58. The van der Waals surface area contributed by atoms with Crippen molar-refractivity contribution in [2.75, 3.05) is 13.2 Å². The van der Waals surface area contributed by atoms with Gasteiger partial charge in [0.25, 0.3) is 0 Å². The molecule has 0 saturated heterocycles. The standard InChI is InChI=1S/C66H120O6/c1-4-7-10-13-16-19-22-25-28-31-32-33-34-36-38-41-44-47-50-53-56-59-65(68)71-62-63(61-70-64(67)58-55-52-49-46-43-40-37-30-27-24-21-18-15-12-9-6-3)72-66(69)60-57-54-51-48-45-42-39-35-29-26-23-20-17-14-11-8-5-2/h8,11,17,20,26,29,39,42,63H,4-7,9-10,12-16,18-19,21-25,27-28,30-38,40-41,43-62H2,1-3H3/b11-8-,20-17-,29-26-,42-39-. The molecule has 72 heavy (non-hydrogen) atoms. The van der Waals surface area contributed by atoms with Crippen LogP contribution in [0.3, 0.4) is 0 Å². The van der Waals surface area contributed by atoms with Gasteiger partial charge in [-0.2, -0.15) is 0 Å². The van der Waals surface area contributed by atoms with Gasteiger partial charge in [-0.25, -0.2) is 0 Å². The zero-order valence-electron chi connectivity index (χ0n) is 48.2. The topological polar surface area (TPSA) is 78.9 Å². The summed E-state index contributed by atoms with van der Waals surface area (Å²) >= 11 is 0.